The fourth-order valence-corrected chi connectivity index (χ4v) is 9.06. The number of ether oxygens (including phenoxy) is 4. The molecule has 3 aliphatic heterocycles. The standard InChI is InChI=1S/C47H60N6O9/c1-8-52-40-12-11-30-22-35(40)36(42(52)37-24-48-15-13-31(37)25-59-7)23-47(4,5)27-61-45(57)38-10-9-16-53(50-38)44(56)39(20-29-18-32(30)21-33(54)19-29)49-43(55)41(28(2)3)51(6)46(58)62-34-14-17-60-26-34/h11-13,15,18-19,21-22,24,28,34,38-39,41,50,54H,8-10,14,16-17,20,23,25-27H2,1-7H3,(H,49,55)/t34-,38-,39-,41?/m0/s1. The quantitative estimate of drug-likeness (QED) is 0.175. The summed E-state index contributed by atoms with van der Waals surface area (Å²) in [5, 5.41) is 16.6. The number of aromatic nitrogens is 2. The van der Waals surface area contributed by atoms with Crippen molar-refractivity contribution in [2.45, 2.75) is 104 Å². The van der Waals surface area contributed by atoms with E-state index in [0.717, 1.165) is 44.4 Å². The molecule has 62 heavy (non-hydrogen) atoms. The average molecular weight is 853 g/mol. The van der Waals surface area contributed by atoms with Crippen LogP contribution < -0.4 is 10.7 Å². The highest BCUT2D eigenvalue weighted by molar-refractivity contribution is 5.96. The normalized spacial score (nSPS) is 21.0. The van der Waals surface area contributed by atoms with Crippen LogP contribution in [0.15, 0.2) is 54.9 Å². The van der Waals surface area contributed by atoms with Crippen LogP contribution in [0.2, 0.25) is 0 Å². The maximum atomic E-state index is 14.6. The van der Waals surface area contributed by atoms with E-state index in [0.29, 0.717) is 57.6 Å². The molecule has 7 rings (SSSR count). The third-order valence-electron chi connectivity index (χ3n) is 12.1. The zero-order valence-corrected chi connectivity index (χ0v) is 36.9. The Morgan fingerprint density at radius 2 is 1.92 bits per heavy atom. The number of methoxy groups -OCH3 is 1. The summed E-state index contributed by atoms with van der Waals surface area (Å²) in [6.07, 6.45) is 4.66. The Hall–Kier alpha value is -5.51. The second-order valence-corrected chi connectivity index (χ2v) is 17.9. The van der Waals surface area contributed by atoms with Crippen molar-refractivity contribution in [1.82, 2.24) is 30.2 Å². The first kappa shape index (κ1) is 44.5. The summed E-state index contributed by atoms with van der Waals surface area (Å²) in [4.78, 5) is 61.8. The molecule has 332 valence electrons. The zero-order chi connectivity index (χ0) is 44.3. The van der Waals surface area contributed by atoms with Gasteiger partial charge in [-0.15, -0.1) is 0 Å². The molecular weight excluding hydrogens is 793 g/mol. The van der Waals surface area contributed by atoms with Crippen molar-refractivity contribution in [2.24, 2.45) is 11.3 Å². The lowest BCUT2D eigenvalue weighted by molar-refractivity contribution is -0.155. The second-order valence-electron chi connectivity index (χ2n) is 17.9. The van der Waals surface area contributed by atoms with Gasteiger partial charge in [0.25, 0.3) is 5.91 Å². The Balaban J connectivity index is 1.32. The van der Waals surface area contributed by atoms with Gasteiger partial charge in [-0.2, -0.15) is 0 Å². The molecule has 2 aromatic carbocycles. The third kappa shape index (κ3) is 9.59. The average Bonchev–Trinajstić information content (AvgIpc) is 3.87. The van der Waals surface area contributed by atoms with Gasteiger partial charge in [-0.05, 0) is 90.3 Å². The minimum Gasteiger partial charge on any atom is -0.508 e. The molecule has 0 spiro atoms. The van der Waals surface area contributed by atoms with E-state index in [4.69, 9.17) is 18.9 Å². The molecule has 6 bridgehead atoms. The summed E-state index contributed by atoms with van der Waals surface area (Å²) in [5.74, 6) is -1.85. The number of fused-ring (bicyclic) bond motifs is 6. The number of aromatic hydroxyl groups is 1. The molecule has 4 atom stereocenters. The van der Waals surface area contributed by atoms with Crippen molar-refractivity contribution in [2.75, 3.05) is 40.5 Å². The second kappa shape index (κ2) is 18.9. The molecule has 15 heteroatoms. The number of phenolic OH excluding ortho intramolecular Hbond substituents is 1. The van der Waals surface area contributed by atoms with Gasteiger partial charge < -0.3 is 33.9 Å². The summed E-state index contributed by atoms with van der Waals surface area (Å²) < 4.78 is 25.0. The number of likely N-dealkylation sites (N-methyl/N-ethyl adjacent to an activating group) is 1. The minimum absolute atomic E-state index is 0.00101. The van der Waals surface area contributed by atoms with E-state index in [1.165, 1.54) is 17.0 Å². The van der Waals surface area contributed by atoms with Crippen LogP contribution in [0.5, 0.6) is 5.75 Å². The van der Waals surface area contributed by atoms with Gasteiger partial charge in [0, 0.05) is 74.4 Å². The van der Waals surface area contributed by atoms with Gasteiger partial charge in [0.15, 0.2) is 0 Å². The van der Waals surface area contributed by atoms with Crippen LogP contribution in [0.3, 0.4) is 0 Å². The van der Waals surface area contributed by atoms with Gasteiger partial charge in [-0.3, -0.25) is 29.3 Å². The van der Waals surface area contributed by atoms with Crippen molar-refractivity contribution in [3.63, 3.8) is 0 Å². The Bertz CT molecular complexity index is 2300. The van der Waals surface area contributed by atoms with E-state index in [1.807, 2.05) is 38.2 Å². The number of carbonyl (C=O) groups excluding carboxylic acids is 4. The van der Waals surface area contributed by atoms with Gasteiger partial charge in [0.1, 0.15) is 30.0 Å². The van der Waals surface area contributed by atoms with Crippen molar-refractivity contribution in [3.05, 3.63) is 71.5 Å². The Labute approximate surface area is 363 Å². The lowest BCUT2D eigenvalue weighted by Gasteiger charge is -2.36. The van der Waals surface area contributed by atoms with Crippen molar-refractivity contribution >= 4 is 34.8 Å². The number of hydrogen-bond donors (Lipinski definition) is 3. The maximum absolute atomic E-state index is 14.6. The molecule has 3 amide bonds. The fraction of sp³-hybridized carbons (Fsp3) is 0.511. The summed E-state index contributed by atoms with van der Waals surface area (Å²) in [5.41, 5.74) is 9.77. The largest absolute Gasteiger partial charge is 0.508 e. The summed E-state index contributed by atoms with van der Waals surface area (Å²) in [7, 11) is 3.18. The monoisotopic (exact) mass is 852 g/mol. The van der Waals surface area contributed by atoms with Gasteiger partial charge in [-0.25, -0.2) is 10.2 Å². The molecule has 0 aliphatic carbocycles. The predicted molar refractivity (Wildman–Crippen MR) is 233 cm³/mol. The number of aryl methyl sites for hydroxylation is 1. The Morgan fingerprint density at radius 1 is 1.11 bits per heavy atom. The smallest absolute Gasteiger partial charge is 0.410 e. The minimum atomic E-state index is -1.15. The molecule has 1 unspecified atom stereocenters. The number of hydrogen-bond acceptors (Lipinski definition) is 11. The summed E-state index contributed by atoms with van der Waals surface area (Å²) in [6, 6.07) is 10.5. The third-order valence-corrected chi connectivity index (χ3v) is 12.1. The Kier molecular flexibility index (Phi) is 13.5. The number of esters is 1. The lowest BCUT2D eigenvalue weighted by atomic mass is 9.84. The van der Waals surface area contributed by atoms with Crippen molar-refractivity contribution in [1.29, 1.82) is 0 Å². The summed E-state index contributed by atoms with van der Waals surface area (Å²) in [6.45, 7) is 12.1. The molecule has 0 saturated carbocycles. The molecule has 3 N–H and O–H groups in total. The highest BCUT2D eigenvalue weighted by Crippen LogP contribution is 2.41. The maximum Gasteiger partial charge on any atom is 0.410 e. The number of hydrazine groups is 1. The summed E-state index contributed by atoms with van der Waals surface area (Å²) >= 11 is 0. The number of nitrogens with zero attached hydrogens (tertiary/aromatic N) is 4. The van der Waals surface area contributed by atoms with Gasteiger partial charge in [0.2, 0.25) is 5.91 Å². The van der Waals surface area contributed by atoms with Crippen molar-refractivity contribution in [3.8, 4) is 28.1 Å². The number of benzene rings is 2. The lowest BCUT2D eigenvalue weighted by Crippen LogP contribution is -2.62. The van der Waals surface area contributed by atoms with Gasteiger partial charge >= 0.3 is 12.1 Å². The van der Waals surface area contributed by atoms with Crippen LogP contribution in [-0.4, -0.2) is 113 Å². The molecule has 5 heterocycles. The first-order valence-electron chi connectivity index (χ1n) is 21.6. The number of amides is 3. The van der Waals surface area contributed by atoms with Gasteiger partial charge in [0.05, 0.1) is 32.1 Å². The van der Waals surface area contributed by atoms with Crippen LogP contribution >= 0.6 is 0 Å². The van der Waals surface area contributed by atoms with Gasteiger partial charge in [-0.1, -0.05) is 39.8 Å². The molecule has 2 aromatic heterocycles. The molecule has 0 radical (unpaired) electrons. The molecule has 3 aliphatic rings. The van der Waals surface area contributed by atoms with E-state index in [9.17, 15) is 24.3 Å². The number of pyridine rings is 1. The van der Waals surface area contributed by atoms with E-state index in [2.05, 4.69) is 53.2 Å². The number of nitrogens with one attached hydrogen (secondary N) is 2. The van der Waals surface area contributed by atoms with Crippen molar-refractivity contribution < 1.29 is 43.2 Å². The number of phenols is 1. The van der Waals surface area contributed by atoms with Crippen LogP contribution in [-0.2, 0) is 59.3 Å². The van der Waals surface area contributed by atoms with E-state index in [-0.39, 0.29) is 31.2 Å². The number of carbonyl (C=O) groups is 4. The van der Waals surface area contributed by atoms with Crippen LogP contribution in [0, 0.1) is 11.3 Å². The van der Waals surface area contributed by atoms with E-state index in [1.54, 1.807) is 25.4 Å². The molecule has 4 aromatic rings. The molecule has 2 fully saturated rings. The SMILES string of the molecule is CCn1c(-c2cnccc2COC)c2c3cc(ccc31)-c1cc(O)cc(c1)C[C@H](NC(=O)C(C(C)C)N(C)C(=O)O[C@H]1CCOC1)C(=O)N1CCC[C@H](N1)C(=O)OCC(C)(C)C2. The first-order chi connectivity index (χ1) is 29.7. The fourth-order valence-electron chi connectivity index (χ4n) is 9.06. The molecule has 2 saturated heterocycles. The molecular formula is C47H60N6O9. The van der Waals surface area contributed by atoms with Crippen LogP contribution in [0.4, 0.5) is 4.79 Å². The zero-order valence-electron chi connectivity index (χ0n) is 36.9. The topological polar surface area (TPSA) is 174 Å². The van der Waals surface area contributed by atoms with E-state index < -0.39 is 53.5 Å². The number of cyclic esters (lactones) is 1. The highest BCUT2D eigenvalue weighted by Gasteiger charge is 2.38. The Morgan fingerprint density at radius 3 is 2.65 bits per heavy atom. The number of rotatable bonds is 9. The predicted octanol–water partition coefficient (Wildman–Crippen LogP) is 5.77. The molecule has 15 nitrogen and oxygen atoms in total. The van der Waals surface area contributed by atoms with E-state index >= 15 is 0 Å². The van der Waals surface area contributed by atoms with Crippen LogP contribution in [0.25, 0.3) is 33.3 Å². The van der Waals surface area contributed by atoms with Crippen LogP contribution in [0.1, 0.15) is 70.6 Å². The highest BCUT2D eigenvalue weighted by atomic mass is 16.6. The first-order valence-corrected chi connectivity index (χ1v) is 21.6.